The van der Waals surface area contributed by atoms with E-state index in [2.05, 4.69) is 28.0 Å². The number of ether oxygens (including phenoxy) is 1. The molecule has 0 aromatic heterocycles. The van der Waals surface area contributed by atoms with Crippen molar-refractivity contribution in [1.29, 1.82) is 0 Å². The smallest absolute Gasteiger partial charge is 0.0642 e. The molecule has 4 heteroatoms. The van der Waals surface area contributed by atoms with Gasteiger partial charge in [0, 0.05) is 31.0 Å². The van der Waals surface area contributed by atoms with Crippen LogP contribution in [0.15, 0.2) is 18.2 Å². The predicted octanol–water partition coefficient (Wildman–Crippen LogP) is 1.70. The van der Waals surface area contributed by atoms with Crippen molar-refractivity contribution in [1.82, 2.24) is 4.90 Å². The average Bonchev–Trinajstić information content (AvgIpc) is 2.92. The summed E-state index contributed by atoms with van der Waals surface area (Å²) in [7, 11) is 0. The van der Waals surface area contributed by atoms with E-state index in [4.69, 9.17) is 10.5 Å². The van der Waals surface area contributed by atoms with E-state index in [1.807, 2.05) is 0 Å². The SMILES string of the molecule is Nc1cc(CN2CCCC2)cc(N2CCOCC2)c1. The van der Waals surface area contributed by atoms with Crippen LogP contribution >= 0.6 is 0 Å². The first-order valence-corrected chi connectivity index (χ1v) is 7.26. The van der Waals surface area contributed by atoms with Crippen molar-refractivity contribution in [3.8, 4) is 0 Å². The van der Waals surface area contributed by atoms with Crippen molar-refractivity contribution in [2.45, 2.75) is 19.4 Å². The van der Waals surface area contributed by atoms with Crippen molar-refractivity contribution in [3.63, 3.8) is 0 Å². The summed E-state index contributed by atoms with van der Waals surface area (Å²) in [6, 6.07) is 6.49. The second-order valence-corrected chi connectivity index (χ2v) is 5.52. The highest BCUT2D eigenvalue weighted by molar-refractivity contribution is 5.58. The molecule has 2 aliphatic rings. The number of nitrogen functional groups attached to an aromatic ring is 1. The summed E-state index contributed by atoms with van der Waals surface area (Å²) >= 11 is 0. The fourth-order valence-corrected chi connectivity index (χ4v) is 2.99. The molecule has 2 N–H and O–H groups in total. The van der Waals surface area contributed by atoms with Gasteiger partial charge in [-0.15, -0.1) is 0 Å². The Kier molecular flexibility index (Phi) is 3.89. The van der Waals surface area contributed by atoms with E-state index in [1.165, 1.54) is 37.2 Å². The maximum atomic E-state index is 6.06. The highest BCUT2D eigenvalue weighted by Crippen LogP contribution is 2.23. The third kappa shape index (κ3) is 3.19. The lowest BCUT2D eigenvalue weighted by atomic mass is 10.1. The number of benzene rings is 1. The molecule has 0 aliphatic carbocycles. The topological polar surface area (TPSA) is 41.7 Å². The zero-order chi connectivity index (χ0) is 13.1. The molecule has 4 nitrogen and oxygen atoms in total. The molecule has 1 aromatic carbocycles. The van der Waals surface area contributed by atoms with Crippen LogP contribution in [0.4, 0.5) is 11.4 Å². The number of morpholine rings is 1. The third-order valence-corrected chi connectivity index (χ3v) is 3.98. The van der Waals surface area contributed by atoms with Crippen LogP contribution in [-0.4, -0.2) is 44.3 Å². The van der Waals surface area contributed by atoms with E-state index in [1.54, 1.807) is 0 Å². The lowest BCUT2D eigenvalue weighted by Crippen LogP contribution is -2.36. The number of rotatable bonds is 3. The quantitative estimate of drug-likeness (QED) is 0.841. The van der Waals surface area contributed by atoms with Crippen LogP contribution in [-0.2, 0) is 11.3 Å². The van der Waals surface area contributed by atoms with E-state index in [9.17, 15) is 0 Å². The van der Waals surface area contributed by atoms with Crippen LogP contribution in [0.3, 0.4) is 0 Å². The molecular formula is C15H23N3O. The molecule has 1 aromatic rings. The number of nitrogens with two attached hydrogens (primary N) is 1. The molecule has 0 radical (unpaired) electrons. The van der Waals surface area contributed by atoms with Gasteiger partial charge in [-0.3, -0.25) is 4.90 Å². The van der Waals surface area contributed by atoms with Crippen molar-refractivity contribution in [2.24, 2.45) is 0 Å². The molecule has 0 saturated carbocycles. The average molecular weight is 261 g/mol. The summed E-state index contributed by atoms with van der Waals surface area (Å²) in [6.45, 7) is 7.04. The Balaban J connectivity index is 1.74. The Hall–Kier alpha value is -1.26. The minimum absolute atomic E-state index is 0.816. The number of hydrogen-bond donors (Lipinski definition) is 1. The summed E-state index contributed by atoms with van der Waals surface area (Å²) < 4.78 is 5.41. The van der Waals surface area contributed by atoms with Gasteiger partial charge in [-0.1, -0.05) is 0 Å². The van der Waals surface area contributed by atoms with Gasteiger partial charge in [-0.2, -0.15) is 0 Å². The van der Waals surface area contributed by atoms with E-state index < -0.39 is 0 Å². The Morgan fingerprint density at radius 1 is 1.00 bits per heavy atom. The summed E-state index contributed by atoms with van der Waals surface area (Å²) in [4.78, 5) is 4.88. The highest BCUT2D eigenvalue weighted by atomic mass is 16.5. The fourth-order valence-electron chi connectivity index (χ4n) is 2.99. The van der Waals surface area contributed by atoms with Crippen LogP contribution in [0.25, 0.3) is 0 Å². The molecule has 0 unspecified atom stereocenters. The Morgan fingerprint density at radius 2 is 1.74 bits per heavy atom. The fraction of sp³-hybridized carbons (Fsp3) is 0.600. The molecule has 0 atom stereocenters. The van der Waals surface area contributed by atoms with Gasteiger partial charge in [0.2, 0.25) is 0 Å². The lowest BCUT2D eigenvalue weighted by molar-refractivity contribution is 0.122. The van der Waals surface area contributed by atoms with Crippen LogP contribution in [0.5, 0.6) is 0 Å². The second kappa shape index (κ2) is 5.80. The molecule has 2 fully saturated rings. The number of anilines is 2. The molecule has 2 heterocycles. The largest absolute Gasteiger partial charge is 0.399 e. The van der Waals surface area contributed by atoms with Gasteiger partial charge in [0.05, 0.1) is 13.2 Å². The molecule has 3 rings (SSSR count). The van der Waals surface area contributed by atoms with Crippen molar-refractivity contribution < 1.29 is 4.74 Å². The van der Waals surface area contributed by atoms with Gasteiger partial charge in [-0.05, 0) is 49.7 Å². The molecule has 104 valence electrons. The van der Waals surface area contributed by atoms with Crippen LogP contribution in [0, 0.1) is 0 Å². The van der Waals surface area contributed by atoms with E-state index in [0.717, 1.165) is 38.5 Å². The zero-order valence-corrected chi connectivity index (χ0v) is 11.5. The van der Waals surface area contributed by atoms with Crippen LogP contribution in [0.2, 0.25) is 0 Å². The van der Waals surface area contributed by atoms with E-state index >= 15 is 0 Å². The summed E-state index contributed by atoms with van der Waals surface area (Å²) in [5.41, 5.74) is 9.52. The lowest BCUT2D eigenvalue weighted by Gasteiger charge is -2.29. The normalized spacial score (nSPS) is 20.9. The van der Waals surface area contributed by atoms with Crippen LogP contribution < -0.4 is 10.6 Å². The van der Waals surface area contributed by atoms with Gasteiger partial charge < -0.3 is 15.4 Å². The van der Waals surface area contributed by atoms with E-state index in [-0.39, 0.29) is 0 Å². The summed E-state index contributed by atoms with van der Waals surface area (Å²) in [6.07, 6.45) is 2.66. The van der Waals surface area contributed by atoms with Crippen molar-refractivity contribution in [2.75, 3.05) is 50.0 Å². The van der Waals surface area contributed by atoms with Crippen molar-refractivity contribution in [3.05, 3.63) is 23.8 Å². The molecule has 2 aliphatic heterocycles. The minimum atomic E-state index is 0.816. The maximum Gasteiger partial charge on any atom is 0.0642 e. The molecule has 0 bridgehead atoms. The van der Waals surface area contributed by atoms with E-state index in [0.29, 0.717) is 0 Å². The Bertz CT molecular complexity index is 423. The van der Waals surface area contributed by atoms with Crippen LogP contribution in [0.1, 0.15) is 18.4 Å². The molecular weight excluding hydrogens is 238 g/mol. The first-order valence-electron chi connectivity index (χ1n) is 7.26. The molecule has 19 heavy (non-hydrogen) atoms. The zero-order valence-electron chi connectivity index (χ0n) is 11.5. The molecule has 0 amide bonds. The molecule has 0 spiro atoms. The van der Waals surface area contributed by atoms with Gasteiger partial charge in [-0.25, -0.2) is 0 Å². The highest BCUT2D eigenvalue weighted by Gasteiger charge is 2.15. The monoisotopic (exact) mass is 261 g/mol. The predicted molar refractivity (Wildman–Crippen MR) is 78.4 cm³/mol. The standard InChI is InChI=1S/C15H23N3O/c16-14-9-13(12-17-3-1-2-4-17)10-15(11-14)18-5-7-19-8-6-18/h9-11H,1-8,12,16H2. The molecule has 2 saturated heterocycles. The number of likely N-dealkylation sites (tertiary alicyclic amines) is 1. The first kappa shape index (κ1) is 12.8. The van der Waals surface area contributed by atoms with Gasteiger partial charge in [0.25, 0.3) is 0 Å². The Labute approximate surface area is 115 Å². The number of hydrogen-bond acceptors (Lipinski definition) is 4. The second-order valence-electron chi connectivity index (χ2n) is 5.52. The first-order chi connectivity index (χ1) is 9.31. The summed E-state index contributed by atoms with van der Waals surface area (Å²) in [5, 5.41) is 0. The van der Waals surface area contributed by atoms with Gasteiger partial charge in [0.15, 0.2) is 0 Å². The maximum absolute atomic E-state index is 6.06. The Morgan fingerprint density at radius 3 is 2.47 bits per heavy atom. The number of nitrogens with zero attached hydrogens (tertiary/aromatic N) is 2. The van der Waals surface area contributed by atoms with Gasteiger partial charge in [0.1, 0.15) is 0 Å². The van der Waals surface area contributed by atoms with Gasteiger partial charge >= 0.3 is 0 Å². The third-order valence-electron chi connectivity index (χ3n) is 3.98. The van der Waals surface area contributed by atoms with Crippen molar-refractivity contribution >= 4 is 11.4 Å². The minimum Gasteiger partial charge on any atom is -0.399 e. The summed E-state index contributed by atoms with van der Waals surface area (Å²) in [5.74, 6) is 0.